The lowest BCUT2D eigenvalue weighted by atomic mass is 10.1. The van der Waals surface area contributed by atoms with Gasteiger partial charge in [-0.25, -0.2) is 0 Å². The number of hydrogen-bond acceptors (Lipinski definition) is 4. The van der Waals surface area contributed by atoms with Crippen molar-refractivity contribution in [3.05, 3.63) is 24.0 Å². The molecule has 1 aliphatic heterocycles. The van der Waals surface area contributed by atoms with Crippen LogP contribution in [0.4, 0.5) is 5.69 Å². The zero-order valence-electron chi connectivity index (χ0n) is 10.6. The molecule has 98 valence electrons. The highest BCUT2D eigenvalue weighted by atomic mass is 16.5. The van der Waals surface area contributed by atoms with Crippen molar-refractivity contribution < 1.29 is 9.53 Å². The minimum Gasteiger partial charge on any atom is -0.368 e. The fourth-order valence-electron chi connectivity index (χ4n) is 1.94. The van der Waals surface area contributed by atoms with Crippen LogP contribution in [0.3, 0.4) is 0 Å². The summed E-state index contributed by atoms with van der Waals surface area (Å²) in [5, 5.41) is 6.07. The summed E-state index contributed by atoms with van der Waals surface area (Å²) < 4.78 is 5.58. The SMILES string of the molecule is Cc1ccncc1NC(=O)COC1CCNCC1. The van der Waals surface area contributed by atoms with Crippen LogP contribution in [-0.2, 0) is 9.53 Å². The monoisotopic (exact) mass is 249 g/mol. The van der Waals surface area contributed by atoms with E-state index < -0.39 is 0 Å². The van der Waals surface area contributed by atoms with E-state index in [9.17, 15) is 4.79 Å². The van der Waals surface area contributed by atoms with Crippen LogP contribution in [0.5, 0.6) is 0 Å². The fourth-order valence-corrected chi connectivity index (χ4v) is 1.94. The summed E-state index contributed by atoms with van der Waals surface area (Å²) in [6, 6.07) is 1.86. The number of anilines is 1. The first kappa shape index (κ1) is 13.0. The number of nitrogens with zero attached hydrogens (tertiary/aromatic N) is 1. The van der Waals surface area contributed by atoms with Crippen molar-refractivity contribution in [2.24, 2.45) is 0 Å². The zero-order valence-corrected chi connectivity index (χ0v) is 10.6. The molecule has 18 heavy (non-hydrogen) atoms. The van der Waals surface area contributed by atoms with Crippen molar-refractivity contribution in [1.82, 2.24) is 10.3 Å². The molecular weight excluding hydrogens is 230 g/mol. The van der Waals surface area contributed by atoms with Crippen molar-refractivity contribution in [1.29, 1.82) is 0 Å². The predicted molar refractivity (Wildman–Crippen MR) is 69.4 cm³/mol. The summed E-state index contributed by atoms with van der Waals surface area (Å²) in [5.74, 6) is -0.121. The van der Waals surface area contributed by atoms with Gasteiger partial charge in [-0.1, -0.05) is 0 Å². The number of carbonyl (C=O) groups excluding carboxylic acids is 1. The van der Waals surface area contributed by atoms with E-state index >= 15 is 0 Å². The number of rotatable bonds is 4. The lowest BCUT2D eigenvalue weighted by molar-refractivity contribution is -0.123. The van der Waals surface area contributed by atoms with Crippen LogP contribution in [0, 0.1) is 6.92 Å². The van der Waals surface area contributed by atoms with Gasteiger partial charge >= 0.3 is 0 Å². The first-order valence-electron chi connectivity index (χ1n) is 6.28. The number of piperidine rings is 1. The highest BCUT2D eigenvalue weighted by molar-refractivity contribution is 5.92. The third kappa shape index (κ3) is 3.78. The van der Waals surface area contributed by atoms with Gasteiger partial charge in [-0.3, -0.25) is 9.78 Å². The molecule has 0 radical (unpaired) electrons. The van der Waals surface area contributed by atoms with Gasteiger partial charge in [0.2, 0.25) is 5.91 Å². The fraction of sp³-hybridized carbons (Fsp3) is 0.538. The van der Waals surface area contributed by atoms with Crippen LogP contribution in [-0.4, -0.2) is 36.7 Å². The number of aryl methyl sites for hydroxylation is 1. The van der Waals surface area contributed by atoms with E-state index in [0.29, 0.717) is 0 Å². The van der Waals surface area contributed by atoms with Crippen LogP contribution in [0.2, 0.25) is 0 Å². The maximum atomic E-state index is 11.7. The lowest BCUT2D eigenvalue weighted by Crippen LogP contribution is -2.34. The molecule has 1 aromatic rings. The van der Waals surface area contributed by atoms with Crippen molar-refractivity contribution in [2.75, 3.05) is 25.0 Å². The molecule has 2 N–H and O–H groups in total. The zero-order chi connectivity index (χ0) is 12.8. The lowest BCUT2D eigenvalue weighted by Gasteiger charge is -2.22. The van der Waals surface area contributed by atoms with E-state index in [1.54, 1.807) is 12.4 Å². The highest BCUT2D eigenvalue weighted by Crippen LogP contribution is 2.12. The second-order valence-corrected chi connectivity index (χ2v) is 4.50. The van der Waals surface area contributed by atoms with Crippen LogP contribution in [0.15, 0.2) is 18.5 Å². The maximum Gasteiger partial charge on any atom is 0.250 e. The Balaban J connectivity index is 1.76. The predicted octanol–water partition coefficient (Wildman–Crippen LogP) is 1.10. The Morgan fingerprint density at radius 2 is 2.33 bits per heavy atom. The largest absolute Gasteiger partial charge is 0.368 e. The summed E-state index contributed by atoms with van der Waals surface area (Å²) in [6.45, 7) is 3.98. The van der Waals surface area contributed by atoms with Gasteiger partial charge in [0.15, 0.2) is 0 Å². The van der Waals surface area contributed by atoms with E-state index in [1.807, 2.05) is 13.0 Å². The molecule has 0 aliphatic carbocycles. The molecule has 1 aliphatic rings. The molecule has 5 nitrogen and oxygen atoms in total. The van der Waals surface area contributed by atoms with Crippen molar-refractivity contribution in [3.63, 3.8) is 0 Å². The first-order chi connectivity index (χ1) is 8.75. The molecule has 0 saturated carbocycles. The molecule has 0 atom stereocenters. The Morgan fingerprint density at radius 3 is 3.06 bits per heavy atom. The van der Waals surface area contributed by atoms with Crippen LogP contribution in [0.25, 0.3) is 0 Å². The van der Waals surface area contributed by atoms with Crippen molar-refractivity contribution >= 4 is 11.6 Å². The normalized spacial score (nSPS) is 16.5. The second-order valence-electron chi connectivity index (χ2n) is 4.50. The summed E-state index contributed by atoms with van der Waals surface area (Å²) in [5.41, 5.74) is 1.75. The van der Waals surface area contributed by atoms with Gasteiger partial charge in [-0.05, 0) is 44.5 Å². The van der Waals surface area contributed by atoms with E-state index in [2.05, 4.69) is 15.6 Å². The average Bonchev–Trinajstić information content (AvgIpc) is 2.40. The quantitative estimate of drug-likeness (QED) is 0.838. The molecule has 1 fully saturated rings. The molecule has 5 heteroatoms. The Hall–Kier alpha value is -1.46. The van der Waals surface area contributed by atoms with E-state index in [4.69, 9.17) is 4.74 Å². The smallest absolute Gasteiger partial charge is 0.250 e. The number of amides is 1. The van der Waals surface area contributed by atoms with E-state index in [0.717, 1.165) is 37.2 Å². The minimum atomic E-state index is -0.121. The molecule has 0 unspecified atom stereocenters. The number of ether oxygens (including phenoxy) is 1. The van der Waals surface area contributed by atoms with Crippen LogP contribution in [0.1, 0.15) is 18.4 Å². The molecule has 1 saturated heterocycles. The van der Waals surface area contributed by atoms with E-state index in [1.165, 1.54) is 0 Å². The Morgan fingerprint density at radius 1 is 1.56 bits per heavy atom. The number of pyridine rings is 1. The van der Waals surface area contributed by atoms with Crippen molar-refractivity contribution in [3.8, 4) is 0 Å². The summed E-state index contributed by atoms with van der Waals surface area (Å²) in [7, 11) is 0. The maximum absolute atomic E-state index is 11.7. The third-order valence-corrected chi connectivity index (χ3v) is 3.05. The van der Waals surface area contributed by atoms with Crippen LogP contribution >= 0.6 is 0 Å². The summed E-state index contributed by atoms with van der Waals surface area (Å²) in [6.07, 6.45) is 5.50. The molecule has 1 aromatic heterocycles. The van der Waals surface area contributed by atoms with Crippen LogP contribution < -0.4 is 10.6 Å². The van der Waals surface area contributed by atoms with Gasteiger partial charge in [-0.2, -0.15) is 0 Å². The molecular formula is C13H19N3O2. The van der Waals surface area contributed by atoms with Crippen molar-refractivity contribution in [2.45, 2.75) is 25.9 Å². The number of aromatic nitrogens is 1. The third-order valence-electron chi connectivity index (χ3n) is 3.05. The Labute approximate surface area is 107 Å². The van der Waals surface area contributed by atoms with Gasteiger partial charge in [0.05, 0.1) is 18.0 Å². The number of nitrogens with one attached hydrogen (secondary N) is 2. The standard InChI is InChI=1S/C13H19N3O2/c1-10-2-5-15-8-12(10)16-13(17)9-18-11-3-6-14-7-4-11/h2,5,8,11,14H,3-4,6-7,9H2,1H3,(H,16,17). The number of carbonyl (C=O) groups is 1. The second kappa shape index (κ2) is 6.47. The summed E-state index contributed by atoms with van der Waals surface area (Å²) in [4.78, 5) is 15.7. The van der Waals surface area contributed by atoms with Gasteiger partial charge < -0.3 is 15.4 Å². The first-order valence-corrected chi connectivity index (χ1v) is 6.28. The minimum absolute atomic E-state index is 0.110. The molecule has 2 heterocycles. The molecule has 0 aromatic carbocycles. The molecule has 0 bridgehead atoms. The average molecular weight is 249 g/mol. The van der Waals surface area contributed by atoms with Gasteiger partial charge in [0.25, 0.3) is 0 Å². The Bertz CT molecular complexity index is 403. The van der Waals surface area contributed by atoms with E-state index in [-0.39, 0.29) is 18.6 Å². The Kier molecular flexibility index (Phi) is 4.66. The summed E-state index contributed by atoms with van der Waals surface area (Å²) >= 11 is 0. The molecule has 1 amide bonds. The molecule has 2 rings (SSSR count). The number of hydrogen-bond donors (Lipinski definition) is 2. The molecule has 0 spiro atoms. The van der Waals surface area contributed by atoms with Gasteiger partial charge in [-0.15, -0.1) is 0 Å². The topological polar surface area (TPSA) is 63.2 Å². The van der Waals surface area contributed by atoms with Gasteiger partial charge in [0, 0.05) is 6.20 Å². The van der Waals surface area contributed by atoms with Gasteiger partial charge in [0.1, 0.15) is 6.61 Å². The highest BCUT2D eigenvalue weighted by Gasteiger charge is 2.15.